The maximum Gasteiger partial charge on any atom is 0.407 e. The van der Waals surface area contributed by atoms with Crippen LogP contribution in [0.5, 0.6) is 0 Å². The van der Waals surface area contributed by atoms with Crippen molar-refractivity contribution in [3.8, 4) is 0 Å². The van der Waals surface area contributed by atoms with Crippen molar-refractivity contribution in [2.75, 3.05) is 114 Å². The van der Waals surface area contributed by atoms with Crippen LogP contribution in [0.3, 0.4) is 0 Å². The number of nitrogens with one attached hydrogen (secondary N) is 1. The summed E-state index contributed by atoms with van der Waals surface area (Å²) in [7, 11) is 4.50. The second kappa shape index (κ2) is 42.0. The minimum Gasteiger partial charge on any atom is -0.460 e. The summed E-state index contributed by atoms with van der Waals surface area (Å²) in [5.41, 5.74) is 1.22. The number of ketones is 3. The number of nitrogens with zero attached hydrogens (tertiary/aromatic N) is 1. The molecule has 22 heteroatoms. The standard InChI is InChI=1S/C67H110N2O20/c1-12-27-81-29-31-83-33-35-85-37-38-86-36-34-84-32-30-82-28-25-68-66(76)88-56-24-22-52(42-59(56)79-10)41-48(5)58-44-55(70)47(4)40-50(7)61(72)62(80-11)60(71)49(6)39-45(2)18-14-13-15-19-46(3)57(78-9)43-53-23-21-51(8)67(77,89-53)63(73)64(74)69-26-17-16-20-54(69)65(75)87-58/h13-15,18-19,40,45,47-49,51-54,56-59,61-62,72,77H,12,16-17,20-39,41-44H2,1-11H3,(H,68,76)/b15-13+,18-14+,46-19+,50-40+/t45-,47?,48-,49-,51-,52+,53+,54+,56-,57+,58+,59-,61-,62+,67-/m1/s1. The highest BCUT2D eigenvalue weighted by atomic mass is 16.6. The van der Waals surface area contributed by atoms with E-state index in [0.717, 1.165) is 18.6 Å². The van der Waals surface area contributed by atoms with Gasteiger partial charge in [0.05, 0.1) is 91.0 Å². The first kappa shape index (κ1) is 77.1. The van der Waals surface area contributed by atoms with E-state index in [2.05, 4.69) is 12.2 Å². The largest absolute Gasteiger partial charge is 0.460 e. The molecule has 2 amide bonds. The fourth-order valence-electron chi connectivity index (χ4n) is 12.0. The van der Waals surface area contributed by atoms with Gasteiger partial charge in [-0.25, -0.2) is 9.59 Å². The molecule has 1 aliphatic carbocycles. The Morgan fingerprint density at radius 1 is 0.730 bits per heavy atom. The molecule has 3 aliphatic heterocycles. The number of aliphatic hydroxyl groups is 2. The molecule has 0 spiro atoms. The Balaban J connectivity index is 1.41. The smallest absolute Gasteiger partial charge is 0.407 e. The molecule has 3 heterocycles. The molecule has 0 aromatic heterocycles. The molecule has 0 aromatic carbocycles. The maximum absolute atomic E-state index is 14.7. The van der Waals surface area contributed by atoms with Crippen LogP contribution in [-0.4, -0.2) is 219 Å². The third kappa shape index (κ3) is 26.3. The summed E-state index contributed by atoms with van der Waals surface area (Å²) in [6, 6.07) is -1.19. The van der Waals surface area contributed by atoms with E-state index in [0.29, 0.717) is 136 Å². The molecule has 3 fully saturated rings. The van der Waals surface area contributed by atoms with E-state index in [-0.39, 0.29) is 55.9 Å². The number of amides is 2. The second-order valence-electron chi connectivity index (χ2n) is 24.6. The normalized spacial score (nSPS) is 32.6. The monoisotopic (exact) mass is 1260 g/mol. The first-order valence-corrected chi connectivity index (χ1v) is 32.6. The van der Waals surface area contributed by atoms with Crippen LogP contribution in [0, 0.1) is 35.5 Å². The van der Waals surface area contributed by atoms with Gasteiger partial charge in [0.2, 0.25) is 5.79 Å². The number of carbonyl (C=O) groups excluding carboxylic acids is 6. The van der Waals surface area contributed by atoms with Crippen molar-refractivity contribution in [2.24, 2.45) is 35.5 Å². The lowest BCUT2D eigenvalue weighted by atomic mass is 9.78. The van der Waals surface area contributed by atoms with Crippen LogP contribution in [0.2, 0.25) is 0 Å². The van der Waals surface area contributed by atoms with Gasteiger partial charge in [0, 0.05) is 71.6 Å². The number of allylic oxidation sites excluding steroid dienone is 6. The molecule has 22 nitrogen and oxygen atoms in total. The van der Waals surface area contributed by atoms with Crippen LogP contribution in [0.4, 0.5) is 4.79 Å². The number of carbonyl (C=O) groups is 6. The minimum atomic E-state index is -2.47. The highest BCUT2D eigenvalue weighted by Gasteiger charge is 2.53. The van der Waals surface area contributed by atoms with Gasteiger partial charge in [-0.2, -0.15) is 0 Å². The zero-order valence-corrected chi connectivity index (χ0v) is 55.3. The number of methoxy groups -OCH3 is 3. The van der Waals surface area contributed by atoms with E-state index in [4.69, 9.17) is 56.8 Å². The molecular weight excluding hydrogens is 1150 g/mol. The van der Waals surface area contributed by atoms with Crippen LogP contribution in [-0.2, 0) is 80.8 Å². The number of piperidine rings is 1. The molecule has 4 rings (SSSR count). The van der Waals surface area contributed by atoms with E-state index in [1.165, 1.54) is 12.0 Å². The number of aliphatic hydroxyl groups excluding tert-OH is 1. The number of fused-ring (bicyclic) bond motifs is 3. The lowest BCUT2D eigenvalue weighted by Crippen LogP contribution is -2.61. The number of hydrogen-bond donors (Lipinski definition) is 3. The molecule has 4 aliphatic rings. The minimum absolute atomic E-state index is 0.00269. The Kier molecular flexibility index (Phi) is 36.4. The summed E-state index contributed by atoms with van der Waals surface area (Å²) in [4.78, 5) is 85.9. The number of rotatable bonds is 27. The van der Waals surface area contributed by atoms with Crippen molar-refractivity contribution in [3.63, 3.8) is 0 Å². The van der Waals surface area contributed by atoms with Gasteiger partial charge in [0.25, 0.3) is 11.7 Å². The Morgan fingerprint density at radius 2 is 1.36 bits per heavy atom. The SMILES string of the molecule is CCCOCCOCCOCCOCCOCCOCCNC(=O)O[C@@H]1CC[C@@H](C[C@@H](C)[C@@H]2CC(=O)C(C)/C=C(\C)[C@@H](O)[C@@H](OC)C(=O)[C@H](C)C[C@H](C)/C=C/C=C/C=C(\C)[C@@H](OC)C[C@@H]3CC[C@@H](C)[C@@](O)(O3)C(=O)C(=O)N3CCCC[C@H]3C(=O)O2)C[C@H]1OC. The molecule has 3 N–H and O–H groups in total. The molecule has 1 unspecified atom stereocenters. The summed E-state index contributed by atoms with van der Waals surface area (Å²) >= 11 is 0. The van der Waals surface area contributed by atoms with Gasteiger partial charge in [0.1, 0.15) is 36.2 Å². The summed E-state index contributed by atoms with van der Waals surface area (Å²) in [5.74, 6) is -8.51. The molecule has 15 atom stereocenters. The van der Waals surface area contributed by atoms with Crippen LogP contribution in [0.25, 0.3) is 0 Å². The van der Waals surface area contributed by atoms with Crippen molar-refractivity contribution in [1.29, 1.82) is 0 Å². The van der Waals surface area contributed by atoms with E-state index >= 15 is 0 Å². The number of ether oxygens (including phenoxy) is 12. The fraction of sp³-hybridized carbons (Fsp3) is 0.791. The maximum atomic E-state index is 14.7. The molecule has 2 saturated heterocycles. The lowest BCUT2D eigenvalue weighted by Gasteiger charge is -2.42. The zero-order chi connectivity index (χ0) is 65.3. The molecule has 1 saturated carbocycles. The number of cyclic esters (lactones) is 1. The van der Waals surface area contributed by atoms with E-state index in [1.54, 1.807) is 48.0 Å². The van der Waals surface area contributed by atoms with E-state index in [1.807, 2.05) is 51.2 Å². The first-order chi connectivity index (χ1) is 42.7. The number of esters is 1. The van der Waals surface area contributed by atoms with E-state index < -0.39 is 102 Å². The summed E-state index contributed by atoms with van der Waals surface area (Å²) < 4.78 is 68.8. The fourth-order valence-corrected chi connectivity index (χ4v) is 12.0. The molecular formula is C67H110N2O20. The zero-order valence-electron chi connectivity index (χ0n) is 55.3. The molecule has 89 heavy (non-hydrogen) atoms. The molecule has 508 valence electrons. The lowest BCUT2D eigenvalue weighted by molar-refractivity contribution is -0.265. The average Bonchev–Trinajstić information content (AvgIpc) is 1.14. The summed E-state index contributed by atoms with van der Waals surface area (Å²) in [5, 5.41) is 26.4. The van der Waals surface area contributed by atoms with Crippen molar-refractivity contribution in [3.05, 3.63) is 47.6 Å². The third-order valence-electron chi connectivity index (χ3n) is 17.4. The van der Waals surface area contributed by atoms with Crippen molar-refractivity contribution < 1.29 is 95.8 Å². The van der Waals surface area contributed by atoms with Crippen LogP contribution in [0.15, 0.2) is 47.6 Å². The van der Waals surface area contributed by atoms with Gasteiger partial charge in [-0.1, -0.05) is 78.0 Å². The van der Waals surface area contributed by atoms with Gasteiger partial charge < -0.3 is 77.3 Å². The second-order valence-corrected chi connectivity index (χ2v) is 24.6. The Labute approximate surface area is 529 Å². The predicted octanol–water partition coefficient (Wildman–Crippen LogP) is 7.42. The molecule has 0 radical (unpaired) electrons. The van der Waals surface area contributed by atoms with E-state index in [9.17, 15) is 39.0 Å². The van der Waals surface area contributed by atoms with Crippen LogP contribution < -0.4 is 5.32 Å². The predicted molar refractivity (Wildman–Crippen MR) is 333 cm³/mol. The highest BCUT2D eigenvalue weighted by molar-refractivity contribution is 6.39. The van der Waals surface area contributed by atoms with Crippen molar-refractivity contribution in [1.82, 2.24) is 10.2 Å². The Bertz CT molecular complexity index is 2260. The van der Waals surface area contributed by atoms with Crippen molar-refractivity contribution in [2.45, 2.75) is 193 Å². The summed E-state index contributed by atoms with van der Waals surface area (Å²) in [6.07, 6.45) is 10.6. The Hall–Kier alpha value is -4.30. The summed E-state index contributed by atoms with van der Waals surface area (Å²) in [6.45, 7) is 20.4. The van der Waals surface area contributed by atoms with Gasteiger partial charge in [0.15, 0.2) is 5.78 Å². The molecule has 0 aromatic rings. The van der Waals surface area contributed by atoms with Gasteiger partial charge in [-0.05, 0) is 113 Å². The topological polar surface area (TPSA) is 269 Å². The first-order valence-electron chi connectivity index (χ1n) is 32.6. The van der Waals surface area contributed by atoms with Gasteiger partial charge >= 0.3 is 12.1 Å². The molecule has 2 bridgehead atoms. The number of hydrogen-bond acceptors (Lipinski definition) is 20. The number of Topliss-reactive ketones (excluding diaryl/α,β-unsaturated/α-hetero) is 3. The van der Waals surface area contributed by atoms with Gasteiger partial charge in [-0.3, -0.25) is 19.2 Å². The van der Waals surface area contributed by atoms with Crippen LogP contribution >= 0.6 is 0 Å². The van der Waals surface area contributed by atoms with Crippen LogP contribution in [0.1, 0.15) is 139 Å². The average molecular weight is 1260 g/mol. The third-order valence-corrected chi connectivity index (χ3v) is 17.4. The Morgan fingerprint density at radius 3 is 1.97 bits per heavy atom. The van der Waals surface area contributed by atoms with Gasteiger partial charge in [-0.15, -0.1) is 0 Å². The highest BCUT2D eigenvalue weighted by Crippen LogP contribution is 2.38. The quantitative estimate of drug-likeness (QED) is 0.0312. The van der Waals surface area contributed by atoms with Crippen molar-refractivity contribution >= 4 is 35.3 Å². The number of alkyl carbamates (subject to hydrolysis) is 1.